The number of aryl methyl sites for hydroxylation is 1. The molecule has 5 rings (SSSR count). The highest BCUT2D eigenvalue weighted by molar-refractivity contribution is 7.97. The number of alkyl halides is 3. The molecule has 0 amide bonds. The topological polar surface area (TPSA) is 56.8 Å². The number of pyridine rings is 1. The van der Waals surface area contributed by atoms with Crippen molar-refractivity contribution in [3.05, 3.63) is 72.1 Å². The van der Waals surface area contributed by atoms with Gasteiger partial charge >= 0.3 is 6.18 Å². The number of aromatic nitrogens is 3. The highest BCUT2D eigenvalue weighted by Crippen LogP contribution is 2.31. The first-order chi connectivity index (χ1) is 16.3. The molecule has 2 aromatic carbocycles. The second-order valence-electron chi connectivity index (χ2n) is 8.46. The Morgan fingerprint density at radius 2 is 1.74 bits per heavy atom. The standard InChI is InChI=1S/C25H24F3N5S/c1-16-22-14-18(4-8-23(22)32-31-16)17-2-6-21(7-3-17)34-33-12-10-20(11-13-33)30-24-9-5-19(15-29-24)25(26,27)28/h2-9,14-15,20H,10-13H2,1H3,(H,29,30)(H,31,32). The third kappa shape index (κ3) is 5.05. The Balaban J connectivity index is 1.14. The third-order valence-corrected chi connectivity index (χ3v) is 7.18. The number of fused-ring (bicyclic) bond motifs is 1. The van der Waals surface area contributed by atoms with Gasteiger partial charge in [-0.1, -0.05) is 18.2 Å². The fourth-order valence-electron chi connectivity index (χ4n) is 4.13. The number of aromatic amines is 1. The van der Waals surface area contributed by atoms with Crippen LogP contribution in [-0.4, -0.2) is 38.6 Å². The summed E-state index contributed by atoms with van der Waals surface area (Å²) in [4.78, 5) is 5.10. The highest BCUT2D eigenvalue weighted by atomic mass is 32.2. The zero-order chi connectivity index (χ0) is 23.7. The summed E-state index contributed by atoms with van der Waals surface area (Å²) in [6.45, 7) is 3.78. The summed E-state index contributed by atoms with van der Waals surface area (Å²) in [6.07, 6.45) is -1.68. The summed E-state index contributed by atoms with van der Waals surface area (Å²) < 4.78 is 40.4. The number of hydrogen-bond donors (Lipinski definition) is 2. The van der Waals surface area contributed by atoms with E-state index in [2.05, 4.69) is 67.3 Å². The normalized spacial score (nSPS) is 15.6. The van der Waals surface area contributed by atoms with E-state index in [1.807, 2.05) is 6.92 Å². The first-order valence-electron chi connectivity index (χ1n) is 11.1. The summed E-state index contributed by atoms with van der Waals surface area (Å²) >= 11 is 1.74. The molecule has 5 nitrogen and oxygen atoms in total. The van der Waals surface area contributed by atoms with Gasteiger partial charge in [-0.05, 0) is 79.2 Å². The quantitative estimate of drug-likeness (QED) is 0.316. The van der Waals surface area contributed by atoms with Crippen LogP contribution in [0.15, 0.2) is 65.7 Å². The van der Waals surface area contributed by atoms with Crippen molar-refractivity contribution >= 4 is 28.7 Å². The van der Waals surface area contributed by atoms with Crippen molar-refractivity contribution in [3.63, 3.8) is 0 Å². The van der Waals surface area contributed by atoms with Crippen molar-refractivity contribution in [1.29, 1.82) is 0 Å². The van der Waals surface area contributed by atoms with Gasteiger partial charge in [0.1, 0.15) is 5.82 Å². The lowest BCUT2D eigenvalue weighted by atomic mass is 10.0. The zero-order valence-corrected chi connectivity index (χ0v) is 19.4. The fraction of sp³-hybridized carbons (Fsp3) is 0.280. The van der Waals surface area contributed by atoms with Gasteiger partial charge in [0.25, 0.3) is 0 Å². The molecule has 0 atom stereocenters. The lowest BCUT2D eigenvalue weighted by molar-refractivity contribution is -0.137. The maximum atomic E-state index is 12.7. The molecule has 1 saturated heterocycles. The molecule has 1 aliphatic heterocycles. The third-order valence-electron chi connectivity index (χ3n) is 6.07. The molecule has 0 bridgehead atoms. The van der Waals surface area contributed by atoms with Crippen molar-refractivity contribution in [2.24, 2.45) is 0 Å². The Hall–Kier alpha value is -3.04. The maximum absolute atomic E-state index is 12.7. The molecular weight excluding hydrogens is 459 g/mol. The van der Waals surface area contributed by atoms with Crippen LogP contribution in [0.2, 0.25) is 0 Å². The van der Waals surface area contributed by atoms with E-state index >= 15 is 0 Å². The van der Waals surface area contributed by atoms with Crippen molar-refractivity contribution in [2.75, 3.05) is 18.4 Å². The Labute approximate surface area is 199 Å². The van der Waals surface area contributed by atoms with Gasteiger partial charge in [-0.2, -0.15) is 18.3 Å². The fourth-order valence-corrected chi connectivity index (χ4v) is 5.08. The molecule has 0 saturated carbocycles. The summed E-state index contributed by atoms with van der Waals surface area (Å²) in [5, 5.41) is 11.7. The van der Waals surface area contributed by atoms with Crippen LogP contribution in [0.5, 0.6) is 0 Å². The molecule has 1 aliphatic rings. The lowest BCUT2D eigenvalue weighted by Crippen LogP contribution is -2.35. The Kier molecular flexibility index (Phi) is 6.22. The van der Waals surface area contributed by atoms with Crippen molar-refractivity contribution in [1.82, 2.24) is 19.5 Å². The number of nitrogens with zero attached hydrogens (tertiary/aromatic N) is 3. The number of halogens is 3. The molecule has 2 N–H and O–H groups in total. The highest BCUT2D eigenvalue weighted by Gasteiger charge is 2.30. The van der Waals surface area contributed by atoms with Gasteiger partial charge < -0.3 is 5.32 Å². The van der Waals surface area contributed by atoms with Crippen LogP contribution < -0.4 is 5.32 Å². The van der Waals surface area contributed by atoms with Gasteiger partial charge in [-0.3, -0.25) is 5.10 Å². The van der Waals surface area contributed by atoms with Gasteiger partial charge in [-0.25, -0.2) is 9.29 Å². The first kappa shape index (κ1) is 22.7. The molecule has 0 aliphatic carbocycles. The van der Waals surface area contributed by atoms with Crippen molar-refractivity contribution in [3.8, 4) is 11.1 Å². The summed E-state index contributed by atoms with van der Waals surface area (Å²) in [5.74, 6) is 0.485. The van der Waals surface area contributed by atoms with Crippen LogP contribution in [0.3, 0.4) is 0 Å². The van der Waals surface area contributed by atoms with E-state index in [9.17, 15) is 13.2 Å². The molecule has 0 spiro atoms. The molecule has 9 heteroatoms. The second-order valence-corrected chi connectivity index (χ2v) is 9.63. The second kappa shape index (κ2) is 9.31. The average Bonchev–Trinajstić information content (AvgIpc) is 3.21. The summed E-state index contributed by atoms with van der Waals surface area (Å²) in [5.41, 5.74) is 3.64. The van der Waals surface area contributed by atoms with E-state index < -0.39 is 11.7 Å². The molecule has 0 unspecified atom stereocenters. The average molecular weight is 484 g/mol. The molecule has 1 fully saturated rings. The summed E-state index contributed by atoms with van der Waals surface area (Å²) in [6, 6.07) is 17.6. The number of hydrogen-bond acceptors (Lipinski definition) is 5. The maximum Gasteiger partial charge on any atom is 0.417 e. The van der Waals surface area contributed by atoms with Crippen LogP contribution >= 0.6 is 11.9 Å². The van der Waals surface area contributed by atoms with Crippen LogP contribution in [0.25, 0.3) is 22.0 Å². The van der Waals surface area contributed by atoms with Gasteiger partial charge in [0.05, 0.1) is 16.8 Å². The minimum absolute atomic E-state index is 0.199. The molecule has 3 heterocycles. The van der Waals surface area contributed by atoms with E-state index in [4.69, 9.17) is 0 Å². The minimum Gasteiger partial charge on any atom is -0.367 e. The lowest BCUT2D eigenvalue weighted by Gasteiger charge is -2.31. The Morgan fingerprint density at radius 3 is 2.41 bits per heavy atom. The monoisotopic (exact) mass is 483 g/mol. The van der Waals surface area contributed by atoms with E-state index in [1.54, 1.807) is 11.9 Å². The van der Waals surface area contributed by atoms with E-state index in [-0.39, 0.29) is 6.04 Å². The Bertz CT molecular complexity index is 1260. The van der Waals surface area contributed by atoms with Gasteiger partial charge in [0, 0.05) is 35.6 Å². The number of nitrogens with one attached hydrogen (secondary N) is 2. The van der Waals surface area contributed by atoms with Crippen LogP contribution in [0, 0.1) is 6.92 Å². The van der Waals surface area contributed by atoms with Crippen molar-refractivity contribution in [2.45, 2.75) is 36.9 Å². The van der Waals surface area contributed by atoms with Crippen molar-refractivity contribution < 1.29 is 13.2 Å². The molecule has 2 aromatic heterocycles. The number of H-pyrrole nitrogens is 1. The first-order valence-corrected chi connectivity index (χ1v) is 11.9. The molecular formula is C25H24F3N5S. The van der Waals surface area contributed by atoms with Gasteiger partial charge in [0.15, 0.2) is 0 Å². The van der Waals surface area contributed by atoms with Gasteiger partial charge in [0.2, 0.25) is 0 Å². The number of piperidine rings is 1. The number of anilines is 1. The largest absolute Gasteiger partial charge is 0.417 e. The predicted octanol–water partition coefficient (Wildman–Crippen LogP) is 6.54. The van der Waals surface area contributed by atoms with Crippen LogP contribution in [0.4, 0.5) is 19.0 Å². The molecule has 0 radical (unpaired) electrons. The molecule has 4 aromatic rings. The number of rotatable bonds is 5. The van der Waals surface area contributed by atoms with E-state index in [0.717, 1.165) is 60.4 Å². The molecule has 176 valence electrons. The zero-order valence-electron chi connectivity index (χ0n) is 18.6. The van der Waals surface area contributed by atoms with Crippen LogP contribution in [0.1, 0.15) is 24.1 Å². The Morgan fingerprint density at radius 1 is 1.00 bits per heavy atom. The van der Waals surface area contributed by atoms with E-state index in [1.165, 1.54) is 16.5 Å². The molecule has 34 heavy (non-hydrogen) atoms. The SMILES string of the molecule is Cc1n[nH]c2ccc(-c3ccc(SN4CCC(Nc5ccc(C(F)(F)F)cn5)CC4)cc3)cc12. The van der Waals surface area contributed by atoms with Crippen LogP contribution in [-0.2, 0) is 6.18 Å². The predicted molar refractivity (Wildman–Crippen MR) is 130 cm³/mol. The number of benzene rings is 2. The minimum atomic E-state index is -4.36. The van der Waals surface area contributed by atoms with E-state index in [0.29, 0.717) is 5.82 Å². The summed E-state index contributed by atoms with van der Waals surface area (Å²) in [7, 11) is 0. The van der Waals surface area contributed by atoms with Gasteiger partial charge in [-0.15, -0.1) is 0 Å². The smallest absolute Gasteiger partial charge is 0.367 e.